The van der Waals surface area contributed by atoms with Crippen molar-refractivity contribution in [3.05, 3.63) is 23.5 Å². The van der Waals surface area contributed by atoms with Crippen molar-refractivity contribution in [3.8, 4) is 0 Å². The molecule has 1 nitrogen and oxygen atoms in total. The van der Waals surface area contributed by atoms with Crippen molar-refractivity contribution in [2.24, 2.45) is 0 Å². The van der Waals surface area contributed by atoms with Gasteiger partial charge in [-0.1, -0.05) is 20.8 Å². The Balaban J connectivity index is 2.96. The summed E-state index contributed by atoms with van der Waals surface area (Å²) in [5.74, 6) is 0. The molecule has 10 heavy (non-hydrogen) atoms. The molecule has 0 saturated carbocycles. The van der Waals surface area contributed by atoms with Crippen molar-refractivity contribution >= 4 is 0 Å². The van der Waals surface area contributed by atoms with E-state index in [2.05, 4.69) is 44.8 Å². The third-order valence-electron chi connectivity index (χ3n) is 1.64. The van der Waals surface area contributed by atoms with E-state index in [1.807, 2.05) is 0 Å². The maximum absolute atomic E-state index is 3.32. The van der Waals surface area contributed by atoms with E-state index in [4.69, 9.17) is 0 Å². The van der Waals surface area contributed by atoms with Gasteiger partial charge < -0.3 is 4.98 Å². The highest BCUT2D eigenvalue weighted by Crippen LogP contribution is 2.20. The lowest BCUT2D eigenvalue weighted by molar-refractivity contribution is 0.572. The van der Waals surface area contributed by atoms with Crippen LogP contribution in [0.15, 0.2) is 12.1 Å². The molecule has 0 amide bonds. The molecule has 0 radical (unpaired) electrons. The van der Waals surface area contributed by atoms with E-state index in [9.17, 15) is 0 Å². The van der Waals surface area contributed by atoms with Crippen LogP contribution >= 0.6 is 0 Å². The average Bonchev–Trinajstić information content (AvgIpc) is 2.11. The fourth-order valence-electron chi connectivity index (χ4n) is 0.942. The van der Waals surface area contributed by atoms with Crippen LogP contribution in [0.4, 0.5) is 0 Å². The van der Waals surface area contributed by atoms with Crippen molar-refractivity contribution in [1.82, 2.24) is 4.98 Å². The Morgan fingerprint density at radius 2 is 1.80 bits per heavy atom. The molecule has 0 atom stereocenters. The Bertz CT molecular complexity index is 215. The Morgan fingerprint density at radius 3 is 2.00 bits per heavy atom. The fourth-order valence-corrected chi connectivity index (χ4v) is 0.942. The number of hydrogen-bond acceptors (Lipinski definition) is 0. The van der Waals surface area contributed by atoms with Crippen LogP contribution in [-0.2, 0) is 5.41 Å². The standard InChI is InChI=1S/C9H15N/c1-7-5-6-8(10-7)9(2,3)4/h5-6,10H,1-4H3. The molecule has 56 valence electrons. The molecule has 1 rings (SSSR count). The van der Waals surface area contributed by atoms with Crippen LogP contribution in [0.1, 0.15) is 32.2 Å². The first-order valence-corrected chi connectivity index (χ1v) is 3.66. The Hall–Kier alpha value is -0.720. The lowest BCUT2D eigenvalue weighted by Crippen LogP contribution is -2.11. The molecule has 0 saturated heterocycles. The van der Waals surface area contributed by atoms with Crippen molar-refractivity contribution in [2.45, 2.75) is 33.1 Å². The third kappa shape index (κ3) is 1.41. The molecule has 1 heteroatoms. The van der Waals surface area contributed by atoms with Crippen molar-refractivity contribution in [2.75, 3.05) is 0 Å². The molecule has 0 aliphatic carbocycles. The van der Waals surface area contributed by atoms with Crippen molar-refractivity contribution in [3.63, 3.8) is 0 Å². The van der Waals surface area contributed by atoms with Gasteiger partial charge in [-0.2, -0.15) is 0 Å². The molecule has 0 aliphatic rings. The zero-order valence-electron chi connectivity index (χ0n) is 7.15. The Kier molecular flexibility index (Phi) is 1.59. The zero-order chi connectivity index (χ0) is 7.78. The van der Waals surface area contributed by atoms with E-state index in [1.165, 1.54) is 11.4 Å². The normalized spacial score (nSPS) is 12.0. The summed E-state index contributed by atoms with van der Waals surface area (Å²) < 4.78 is 0. The Labute approximate surface area is 62.5 Å². The number of hydrogen-bond donors (Lipinski definition) is 1. The minimum atomic E-state index is 0.258. The van der Waals surface area contributed by atoms with Crippen LogP contribution in [0.2, 0.25) is 0 Å². The number of H-pyrrole nitrogens is 1. The fraction of sp³-hybridized carbons (Fsp3) is 0.556. The third-order valence-corrected chi connectivity index (χ3v) is 1.64. The molecule has 0 unspecified atom stereocenters. The van der Waals surface area contributed by atoms with E-state index in [0.29, 0.717) is 0 Å². The van der Waals surface area contributed by atoms with Crippen LogP contribution in [0.25, 0.3) is 0 Å². The predicted molar refractivity (Wildman–Crippen MR) is 44.2 cm³/mol. The molecule has 0 aromatic carbocycles. The first-order chi connectivity index (χ1) is 4.50. The highest BCUT2D eigenvalue weighted by molar-refractivity contribution is 5.18. The molecule has 1 aromatic rings. The lowest BCUT2D eigenvalue weighted by atomic mass is 9.93. The Morgan fingerprint density at radius 1 is 1.20 bits per heavy atom. The van der Waals surface area contributed by atoms with Gasteiger partial charge in [0.25, 0.3) is 0 Å². The predicted octanol–water partition coefficient (Wildman–Crippen LogP) is 2.62. The molecule has 1 heterocycles. The van der Waals surface area contributed by atoms with Gasteiger partial charge in [0, 0.05) is 16.8 Å². The van der Waals surface area contributed by atoms with E-state index in [0.717, 1.165) is 0 Å². The second-order valence-electron chi connectivity index (χ2n) is 3.81. The summed E-state index contributed by atoms with van der Waals surface area (Å²) in [6.07, 6.45) is 0. The summed E-state index contributed by atoms with van der Waals surface area (Å²) in [5, 5.41) is 0. The van der Waals surface area contributed by atoms with E-state index < -0.39 is 0 Å². The number of aromatic nitrogens is 1. The van der Waals surface area contributed by atoms with Gasteiger partial charge in [-0.05, 0) is 19.1 Å². The highest BCUT2D eigenvalue weighted by atomic mass is 14.7. The highest BCUT2D eigenvalue weighted by Gasteiger charge is 2.13. The number of nitrogens with one attached hydrogen (secondary N) is 1. The molecule has 0 aliphatic heterocycles. The summed E-state index contributed by atoms with van der Waals surface area (Å²) in [6, 6.07) is 4.26. The van der Waals surface area contributed by atoms with Crippen molar-refractivity contribution < 1.29 is 0 Å². The van der Waals surface area contributed by atoms with Gasteiger partial charge in [0.1, 0.15) is 0 Å². The number of aromatic amines is 1. The van der Waals surface area contributed by atoms with Crippen molar-refractivity contribution in [1.29, 1.82) is 0 Å². The smallest absolute Gasteiger partial charge is 0.0203 e. The monoisotopic (exact) mass is 137 g/mol. The SMILES string of the molecule is Cc1ccc(C(C)(C)C)[nH]1. The van der Waals surface area contributed by atoms with Crippen LogP contribution in [0.3, 0.4) is 0 Å². The number of rotatable bonds is 0. The molecule has 1 N–H and O–H groups in total. The summed E-state index contributed by atoms with van der Waals surface area (Å²) in [5.41, 5.74) is 2.81. The number of aryl methyl sites for hydroxylation is 1. The van der Waals surface area contributed by atoms with Gasteiger partial charge in [0.2, 0.25) is 0 Å². The first-order valence-electron chi connectivity index (χ1n) is 3.66. The summed E-state index contributed by atoms with van der Waals surface area (Å²) >= 11 is 0. The van der Waals surface area contributed by atoms with Gasteiger partial charge >= 0.3 is 0 Å². The second-order valence-corrected chi connectivity index (χ2v) is 3.81. The van der Waals surface area contributed by atoms with E-state index in [1.54, 1.807) is 0 Å². The summed E-state index contributed by atoms with van der Waals surface area (Å²) in [7, 11) is 0. The van der Waals surface area contributed by atoms with Crippen LogP contribution in [0.5, 0.6) is 0 Å². The van der Waals surface area contributed by atoms with Crippen LogP contribution in [0, 0.1) is 6.92 Å². The van der Waals surface area contributed by atoms with Gasteiger partial charge in [0.15, 0.2) is 0 Å². The quantitative estimate of drug-likeness (QED) is 0.565. The molecule has 0 bridgehead atoms. The van der Waals surface area contributed by atoms with Gasteiger partial charge in [-0.15, -0.1) is 0 Å². The van der Waals surface area contributed by atoms with E-state index in [-0.39, 0.29) is 5.41 Å². The van der Waals surface area contributed by atoms with E-state index >= 15 is 0 Å². The summed E-state index contributed by atoms with van der Waals surface area (Å²) in [4.78, 5) is 3.32. The average molecular weight is 137 g/mol. The molecule has 0 fully saturated rings. The largest absolute Gasteiger partial charge is 0.362 e. The first kappa shape index (κ1) is 7.39. The van der Waals surface area contributed by atoms with Gasteiger partial charge in [0.05, 0.1) is 0 Å². The zero-order valence-corrected chi connectivity index (χ0v) is 7.15. The summed E-state index contributed by atoms with van der Waals surface area (Å²) in [6.45, 7) is 8.70. The molecule has 1 aromatic heterocycles. The minimum absolute atomic E-state index is 0.258. The van der Waals surface area contributed by atoms with Crippen LogP contribution in [-0.4, -0.2) is 4.98 Å². The van der Waals surface area contributed by atoms with Gasteiger partial charge in [-0.3, -0.25) is 0 Å². The maximum atomic E-state index is 3.32. The topological polar surface area (TPSA) is 15.8 Å². The van der Waals surface area contributed by atoms with Crippen LogP contribution < -0.4 is 0 Å². The lowest BCUT2D eigenvalue weighted by Gasteiger charge is -2.15. The molecular formula is C9H15N. The molecular weight excluding hydrogens is 122 g/mol. The molecule has 0 spiro atoms. The minimum Gasteiger partial charge on any atom is -0.362 e. The maximum Gasteiger partial charge on any atom is 0.0203 e. The second kappa shape index (κ2) is 2.15. The van der Waals surface area contributed by atoms with Gasteiger partial charge in [-0.25, -0.2) is 0 Å².